The molecular weight excluding hydrogens is 162 g/mol. The molecule has 0 heterocycles. The fourth-order valence-electron chi connectivity index (χ4n) is 0.546. The highest BCUT2D eigenvalue weighted by atomic mass is 16.3. The lowest BCUT2D eigenvalue weighted by Crippen LogP contribution is -2.56. The van der Waals surface area contributed by atoms with Crippen LogP contribution >= 0.6 is 0 Å². The Balaban J connectivity index is 4.32. The molecule has 0 spiro atoms. The summed E-state index contributed by atoms with van der Waals surface area (Å²) in [7, 11) is 0. The Morgan fingerprint density at radius 1 is 1.33 bits per heavy atom. The van der Waals surface area contributed by atoms with Crippen molar-refractivity contribution in [3.8, 4) is 12.3 Å². The zero-order chi connectivity index (χ0) is 9.61. The Kier molecular flexibility index (Phi) is 4.29. The number of hydrogen-bond acceptors (Lipinski definition) is 4. The number of carbonyl (C=O) groups is 1. The van der Waals surface area contributed by atoms with Gasteiger partial charge in [-0.2, -0.15) is 0 Å². The van der Waals surface area contributed by atoms with Gasteiger partial charge in [0.05, 0.1) is 19.8 Å². The Morgan fingerprint density at radius 2 is 1.75 bits per heavy atom. The van der Waals surface area contributed by atoms with E-state index in [1.807, 2.05) is 0 Å². The van der Waals surface area contributed by atoms with E-state index in [0.29, 0.717) is 0 Å². The molecule has 0 saturated heterocycles. The fourth-order valence-corrected chi connectivity index (χ4v) is 0.546. The zero-order valence-electron chi connectivity index (χ0n) is 6.45. The molecule has 0 aliphatic carbocycles. The van der Waals surface area contributed by atoms with E-state index in [1.54, 1.807) is 5.92 Å². The number of nitrogens with one attached hydrogen (secondary N) is 1. The van der Waals surface area contributed by atoms with Crippen LogP contribution in [0.2, 0.25) is 0 Å². The van der Waals surface area contributed by atoms with E-state index in [0.717, 1.165) is 0 Å². The molecule has 0 radical (unpaired) electrons. The monoisotopic (exact) mass is 173 g/mol. The maximum absolute atomic E-state index is 10.6. The van der Waals surface area contributed by atoms with Crippen LogP contribution in [-0.4, -0.2) is 46.6 Å². The Hall–Kier alpha value is -1.09. The van der Waals surface area contributed by atoms with E-state index in [-0.39, 0.29) is 0 Å². The molecule has 5 heteroatoms. The zero-order valence-corrected chi connectivity index (χ0v) is 6.45. The van der Waals surface area contributed by atoms with Gasteiger partial charge in [0, 0.05) is 0 Å². The summed E-state index contributed by atoms with van der Waals surface area (Å²) >= 11 is 0. The van der Waals surface area contributed by atoms with Gasteiger partial charge in [0.1, 0.15) is 5.54 Å². The first-order chi connectivity index (χ1) is 5.64. The Morgan fingerprint density at radius 3 is 2.00 bits per heavy atom. The average Bonchev–Trinajstić information content (AvgIpc) is 2.14. The van der Waals surface area contributed by atoms with Crippen molar-refractivity contribution in [3.63, 3.8) is 0 Å². The van der Waals surface area contributed by atoms with Crippen LogP contribution in [0.25, 0.3) is 0 Å². The Bertz CT molecular complexity index is 184. The van der Waals surface area contributed by atoms with Crippen LogP contribution in [0.5, 0.6) is 0 Å². The molecule has 1 amide bonds. The number of rotatable bonds is 4. The number of terminal acetylenes is 1. The van der Waals surface area contributed by atoms with E-state index < -0.39 is 31.3 Å². The van der Waals surface area contributed by atoms with Gasteiger partial charge in [0.15, 0.2) is 0 Å². The van der Waals surface area contributed by atoms with Gasteiger partial charge in [0.2, 0.25) is 0 Å². The van der Waals surface area contributed by atoms with Crippen molar-refractivity contribution in [3.05, 3.63) is 0 Å². The number of hydrogen-bond donors (Lipinski definition) is 4. The normalized spacial score (nSPS) is 10.5. The van der Waals surface area contributed by atoms with Gasteiger partial charge in [0.25, 0.3) is 5.91 Å². The lowest BCUT2D eigenvalue weighted by molar-refractivity contribution is -0.119. The second-order valence-corrected chi connectivity index (χ2v) is 2.35. The van der Waals surface area contributed by atoms with Gasteiger partial charge in [-0.15, -0.1) is 6.42 Å². The molecule has 0 bridgehead atoms. The average molecular weight is 173 g/mol. The number of aliphatic hydroxyl groups is 3. The predicted octanol–water partition coefficient (Wildman–Crippen LogP) is -2.55. The first-order valence-electron chi connectivity index (χ1n) is 3.25. The van der Waals surface area contributed by atoms with Crippen LogP contribution in [0.15, 0.2) is 0 Å². The molecule has 0 unspecified atom stereocenters. The quantitative estimate of drug-likeness (QED) is 0.352. The number of carbonyl (C=O) groups excluding carboxylic acids is 1. The third-order valence-electron chi connectivity index (χ3n) is 1.42. The molecule has 0 fully saturated rings. The highest BCUT2D eigenvalue weighted by molar-refractivity contribution is 5.93. The first-order valence-corrected chi connectivity index (χ1v) is 3.25. The lowest BCUT2D eigenvalue weighted by atomic mass is 10.0. The summed E-state index contributed by atoms with van der Waals surface area (Å²) in [4.78, 5) is 10.6. The SMILES string of the molecule is C#CC(=O)NC(CO)(CO)CO. The van der Waals surface area contributed by atoms with Gasteiger partial charge in [-0.1, -0.05) is 0 Å². The molecule has 0 aromatic rings. The van der Waals surface area contributed by atoms with Crippen molar-refractivity contribution in [2.45, 2.75) is 5.54 Å². The largest absolute Gasteiger partial charge is 0.394 e. The van der Waals surface area contributed by atoms with Crippen molar-refractivity contribution in [1.82, 2.24) is 5.32 Å². The molecule has 0 aromatic carbocycles. The summed E-state index contributed by atoms with van der Waals surface area (Å²) in [6.07, 6.45) is 4.74. The van der Waals surface area contributed by atoms with Crippen LogP contribution in [-0.2, 0) is 4.79 Å². The minimum absolute atomic E-state index is 0.576. The summed E-state index contributed by atoms with van der Waals surface area (Å²) in [6, 6.07) is 0. The first kappa shape index (κ1) is 10.9. The van der Waals surface area contributed by atoms with Crippen LogP contribution < -0.4 is 5.32 Å². The van der Waals surface area contributed by atoms with Crippen LogP contribution in [0.4, 0.5) is 0 Å². The summed E-state index contributed by atoms with van der Waals surface area (Å²) in [5.41, 5.74) is -1.43. The number of amides is 1. The van der Waals surface area contributed by atoms with Crippen LogP contribution in [0.1, 0.15) is 0 Å². The number of aliphatic hydroxyl groups excluding tert-OH is 3. The molecule has 0 aliphatic heterocycles. The van der Waals surface area contributed by atoms with Gasteiger partial charge >= 0.3 is 0 Å². The minimum Gasteiger partial charge on any atom is -0.394 e. The molecular formula is C7H11NO4. The van der Waals surface area contributed by atoms with Crippen molar-refractivity contribution in [2.24, 2.45) is 0 Å². The molecule has 12 heavy (non-hydrogen) atoms. The molecule has 0 aliphatic rings. The second-order valence-electron chi connectivity index (χ2n) is 2.35. The summed E-state index contributed by atoms with van der Waals surface area (Å²) in [5.74, 6) is 0.955. The van der Waals surface area contributed by atoms with Crippen molar-refractivity contribution >= 4 is 5.91 Å². The van der Waals surface area contributed by atoms with Gasteiger partial charge in [-0.3, -0.25) is 4.79 Å². The second kappa shape index (κ2) is 4.72. The van der Waals surface area contributed by atoms with Crippen LogP contribution in [0.3, 0.4) is 0 Å². The highest BCUT2D eigenvalue weighted by Crippen LogP contribution is 2.00. The van der Waals surface area contributed by atoms with E-state index in [1.165, 1.54) is 0 Å². The van der Waals surface area contributed by atoms with Crippen molar-refractivity contribution in [2.75, 3.05) is 19.8 Å². The minimum atomic E-state index is -1.43. The summed E-state index contributed by atoms with van der Waals surface area (Å²) in [5, 5.41) is 28.3. The van der Waals surface area contributed by atoms with E-state index in [4.69, 9.17) is 21.7 Å². The van der Waals surface area contributed by atoms with Gasteiger partial charge in [-0.05, 0) is 5.92 Å². The summed E-state index contributed by atoms with van der Waals surface area (Å²) < 4.78 is 0. The van der Waals surface area contributed by atoms with Crippen molar-refractivity contribution in [1.29, 1.82) is 0 Å². The molecule has 5 nitrogen and oxygen atoms in total. The lowest BCUT2D eigenvalue weighted by Gasteiger charge is -2.27. The third kappa shape index (κ3) is 2.51. The highest BCUT2D eigenvalue weighted by Gasteiger charge is 2.29. The molecule has 0 saturated carbocycles. The predicted molar refractivity (Wildman–Crippen MR) is 41.0 cm³/mol. The standard InChI is InChI=1S/C7H11NO4/c1-2-6(12)8-7(3-9,4-10)5-11/h1,9-11H,3-5H2,(H,8,12). The van der Waals surface area contributed by atoms with Gasteiger partial charge < -0.3 is 20.6 Å². The molecule has 4 N–H and O–H groups in total. The van der Waals surface area contributed by atoms with E-state index in [2.05, 4.69) is 5.32 Å². The van der Waals surface area contributed by atoms with E-state index in [9.17, 15) is 4.79 Å². The molecule has 68 valence electrons. The maximum atomic E-state index is 10.6. The Labute approximate surface area is 70.0 Å². The fraction of sp³-hybridized carbons (Fsp3) is 0.571. The molecule has 0 atom stereocenters. The van der Waals surface area contributed by atoms with Crippen LogP contribution in [0, 0.1) is 12.3 Å². The summed E-state index contributed by atoms with van der Waals surface area (Å²) in [6.45, 7) is -1.73. The van der Waals surface area contributed by atoms with Crippen molar-refractivity contribution < 1.29 is 20.1 Å². The molecule has 0 aromatic heterocycles. The topological polar surface area (TPSA) is 89.8 Å². The van der Waals surface area contributed by atoms with Gasteiger partial charge in [-0.25, -0.2) is 0 Å². The smallest absolute Gasteiger partial charge is 0.296 e. The maximum Gasteiger partial charge on any atom is 0.296 e. The third-order valence-corrected chi connectivity index (χ3v) is 1.42. The van der Waals surface area contributed by atoms with E-state index >= 15 is 0 Å². The molecule has 0 rings (SSSR count).